The van der Waals surface area contributed by atoms with Crippen LogP contribution in [0.1, 0.15) is 19.8 Å². The number of rotatable bonds is 9. The lowest BCUT2D eigenvalue weighted by Gasteiger charge is -2.27. The molecule has 0 spiro atoms. The third-order valence-electron chi connectivity index (χ3n) is 3.84. The van der Waals surface area contributed by atoms with Crippen LogP contribution in [0.3, 0.4) is 0 Å². The summed E-state index contributed by atoms with van der Waals surface area (Å²) in [5.74, 6) is 0.915. The second-order valence-electron chi connectivity index (χ2n) is 5.63. The molecule has 0 bridgehead atoms. The van der Waals surface area contributed by atoms with E-state index in [2.05, 4.69) is 22.5 Å². The van der Waals surface area contributed by atoms with Gasteiger partial charge in [-0.15, -0.1) is 12.4 Å². The molecule has 0 aliphatic carbocycles. The first kappa shape index (κ1) is 19.7. The molecule has 1 unspecified atom stereocenters. The molecule has 1 aromatic rings. The van der Waals surface area contributed by atoms with Gasteiger partial charge in [0.1, 0.15) is 12.4 Å². The fourth-order valence-corrected chi connectivity index (χ4v) is 2.75. The lowest BCUT2D eigenvalue weighted by atomic mass is 10.2. The number of hydrogen-bond acceptors (Lipinski definition) is 4. The van der Waals surface area contributed by atoms with Gasteiger partial charge in [0.15, 0.2) is 0 Å². The predicted molar refractivity (Wildman–Crippen MR) is 95.3 cm³/mol. The Labute approximate surface area is 145 Å². The number of nitrogens with zero attached hydrogens (tertiary/aromatic N) is 1. The first-order valence-electron chi connectivity index (χ1n) is 8.19. The molecule has 0 aromatic heterocycles. The smallest absolute Gasteiger partial charge is 0.234 e. The zero-order valence-corrected chi connectivity index (χ0v) is 14.6. The maximum atomic E-state index is 12.1. The summed E-state index contributed by atoms with van der Waals surface area (Å²) in [6.45, 7) is 6.68. The number of amides is 1. The minimum Gasteiger partial charge on any atom is -0.492 e. The van der Waals surface area contributed by atoms with Gasteiger partial charge in [-0.3, -0.25) is 9.69 Å². The minimum atomic E-state index is 0. The number of hydrogen-bond donors (Lipinski definition) is 2. The first-order chi connectivity index (χ1) is 10.8. The van der Waals surface area contributed by atoms with Crippen molar-refractivity contribution in [2.75, 3.05) is 39.3 Å². The van der Waals surface area contributed by atoms with E-state index in [4.69, 9.17) is 4.74 Å². The maximum absolute atomic E-state index is 12.1. The molecule has 1 amide bonds. The van der Waals surface area contributed by atoms with E-state index in [1.54, 1.807) is 0 Å². The normalized spacial score (nSPS) is 16.9. The molecule has 6 heteroatoms. The lowest BCUT2D eigenvalue weighted by Crippen LogP contribution is -2.44. The van der Waals surface area contributed by atoms with Crippen LogP contribution >= 0.6 is 12.4 Å². The fraction of sp³-hybridized carbons (Fsp3) is 0.588. The molecule has 0 radical (unpaired) electrons. The van der Waals surface area contributed by atoms with E-state index in [-0.39, 0.29) is 18.3 Å². The summed E-state index contributed by atoms with van der Waals surface area (Å²) in [6.07, 6.45) is 2.20. The van der Waals surface area contributed by atoms with Gasteiger partial charge < -0.3 is 15.4 Å². The van der Waals surface area contributed by atoms with Crippen molar-refractivity contribution in [2.24, 2.45) is 0 Å². The summed E-state index contributed by atoms with van der Waals surface area (Å²) in [5.41, 5.74) is 0. The van der Waals surface area contributed by atoms with Crippen molar-refractivity contribution in [1.29, 1.82) is 0 Å². The number of para-hydroxylation sites is 1. The van der Waals surface area contributed by atoms with Crippen molar-refractivity contribution in [3.8, 4) is 5.75 Å². The quantitative estimate of drug-likeness (QED) is 0.671. The number of halogens is 1. The summed E-state index contributed by atoms with van der Waals surface area (Å²) >= 11 is 0. The molecule has 1 aromatic carbocycles. The number of benzene rings is 1. The van der Waals surface area contributed by atoms with E-state index in [1.165, 1.54) is 0 Å². The molecule has 0 saturated carbocycles. The van der Waals surface area contributed by atoms with E-state index in [0.29, 0.717) is 25.7 Å². The van der Waals surface area contributed by atoms with E-state index >= 15 is 0 Å². The molecule has 130 valence electrons. The molecule has 1 aliphatic rings. The van der Waals surface area contributed by atoms with Crippen LogP contribution in [-0.2, 0) is 4.79 Å². The molecule has 5 nitrogen and oxygen atoms in total. The van der Waals surface area contributed by atoms with Crippen LogP contribution in [0.25, 0.3) is 0 Å². The highest BCUT2D eigenvalue weighted by Crippen LogP contribution is 2.09. The minimum absolute atomic E-state index is 0. The monoisotopic (exact) mass is 341 g/mol. The van der Waals surface area contributed by atoms with Crippen LogP contribution < -0.4 is 15.4 Å². The van der Waals surface area contributed by atoms with Crippen molar-refractivity contribution in [3.63, 3.8) is 0 Å². The molecule has 2 rings (SSSR count). The Hall–Kier alpha value is -1.30. The molecule has 23 heavy (non-hydrogen) atoms. The first-order valence-corrected chi connectivity index (χ1v) is 8.19. The topological polar surface area (TPSA) is 53.6 Å². The Bertz CT molecular complexity index is 439. The summed E-state index contributed by atoms with van der Waals surface area (Å²) in [4.78, 5) is 14.4. The van der Waals surface area contributed by atoms with E-state index in [0.717, 1.165) is 38.2 Å². The Morgan fingerprint density at radius 2 is 2.17 bits per heavy atom. The average molecular weight is 342 g/mol. The molecule has 1 saturated heterocycles. The van der Waals surface area contributed by atoms with Crippen molar-refractivity contribution in [3.05, 3.63) is 30.3 Å². The summed E-state index contributed by atoms with van der Waals surface area (Å²) in [5, 5.41) is 6.30. The Morgan fingerprint density at radius 1 is 1.39 bits per heavy atom. The van der Waals surface area contributed by atoms with Crippen LogP contribution in [0.5, 0.6) is 5.75 Å². The van der Waals surface area contributed by atoms with Crippen molar-refractivity contribution < 1.29 is 9.53 Å². The van der Waals surface area contributed by atoms with Crippen LogP contribution in [0.15, 0.2) is 30.3 Å². The summed E-state index contributed by atoms with van der Waals surface area (Å²) < 4.78 is 5.57. The summed E-state index contributed by atoms with van der Waals surface area (Å²) in [6, 6.07) is 10.1. The van der Waals surface area contributed by atoms with Gasteiger partial charge in [-0.1, -0.05) is 25.1 Å². The molecule has 1 aliphatic heterocycles. The third-order valence-corrected chi connectivity index (χ3v) is 3.84. The Kier molecular flexibility index (Phi) is 9.67. The van der Waals surface area contributed by atoms with Crippen LogP contribution in [0.4, 0.5) is 0 Å². The highest BCUT2D eigenvalue weighted by atomic mass is 35.5. The highest BCUT2D eigenvalue weighted by Gasteiger charge is 2.23. The van der Waals surface area contributed by atoms with Crippen molar-refractivity contribution in [1.82, 2.24) is 15.5 Å². The predicted octanol–water partition coefficient (Wildman–Crippen LogP) is 1.68. The number of carbonyl (C=O) groups excluding carboxylic acids is 1. The summed E-state index contributed by atoms with van der Waals surface area (Å²) in [7, 11) is 0. The Balaban J connectivity index is 0.00000264. The second kappa shape index (κ2) is 11.3. The second-order valence-corrected chi connectivity index (χ2v) is 5.63. The van der Waals surface area contributed by atoms with E-state index < -0.39 is 0 Å². The van der Waals surface area contributed by atoms with Gasteiger partial charge in [0, 0.05) is 12.6 Å². The SMILES string of the molecule is CCCN(CC(=O)NCCOc1ccccc1)C1CCNC1.Cl. The number of ether oxygens (including phenoxy) is 1. The van der Waals surface area contributed by atoms with Crippen molar-refractivity contribution >= 4 is 18.3 Å². The fourth-order valence-electron chi connectivity index (χ4n) is 2.75. The van der Waals surface area contributed by atoms with Crippen LogP contribution in [0.2, 0.25) is 0 Å². The van der Waals surface area contributed by atoms with Gasteiger partial charge in [-0.25, -0.2) is 0 Å². The van der Waals surface area contributed by atoms with Gasteiger partial charge in [0.25, 0.3) is 0 Å². The molecular formula is C17H28ClN3O2. The highest BCUT2D eigenvalue weighted by molar-refractivity contribution is 5.85. The third kappa shape index (κ3) is 7.20. The van der Waals surface area contributed by atoms with Crippen LogP contribution in [0, 0.1) is 0 Å². The number of carbonyl (C=O) groups is 1. The average Bonchev–Trinajstić information content (AvgIpc) is 3.06. The van der Waals surface area contributed by atoms with E-state index in [9.17, 15) is 4.79 Å². The molecule has 1 fully saturated rings. The molecular weight excluding hydrogens is 314 g/mol. The maximum Gasteiger partial charge on any atom is 0.234 e. The van der Waals surface area contributed by atoms with Gasteiger partial charge in [-0.05, 0) is 38.1 Å². The van der Waals surface area contributed by atoms with Gasteiger partial charge >= 0.3 is 0 Å². The molecule has 1 heterocycles. The standard InChI is InChI=1S/C17H27N3O2.ClH/c1-2-11-20(15-8-9-18-13-15)14-17(21)19-10-12-22-16-6-4-3-5-7-16;/h3-7,15,18H,2,8-14H2,1H3,(H,19,21);1H. The van der Waals surface area contributed by atoms with Gasteiger partial charge in [0.05, 0.1) is 13.1 Å². The van der Waals surface area contributed by atoms with Crippen molar-refractivity contribution in [2.45, 2.75) is 25.8 Å². The van der Waals surface area contributed by atoms with Gasteiger partial charge in [-0.2, -0.15) is 0 Å². The number of nitrogens with one attached hydrogen (secondary N) is 2. The Morgan fingerprint density at radius 3 is 2.83 bits per heavy atom. The largest absolute Gasteiger partial charge is 0.492 e. The zero-order valence-electron chi connectivity index (χ0n) is 13.8. The zero-order chi connectivity index (χ0) is 15.6. The lowest BCUT2D eigenvalue weighted by molar-refractivity contribution is -0.122. The van der Waals surface area contributed by atoms with Crippen LogP contribution in [-0.4, -0.2) is 56.2 Å². The molecule has 2 N–H and O–H groups in total. The van der Waals surface area contributed by atoms with E-state index in [1.807, 2.05) is 30.3 Å². The van der Waals surface area contributed by atoms with Gasteiger partial charge in [0.2, 0.25) is 5.91 Å². The molecule has 1 atom stereocenters.